The highest BCUT2D eigenvalue weighted by Gasteiger charge is 2.29. The first-order chi connectivity index (χ1) is 15.4. The number of carbonyl (C=O) groups excluding carboxylic acids is 1. The molecule has 10 heteroatoms. The summed E-state index contributed by atoms with van der Waals surface area (Å²) in [5.41, 5.74) is 0.934. The molecule has 1 atom stereocenters. The Morgan fingerprint density at radius 2 is 1.75 bits per heavy atom. The van der Waals surface area contributed by atoms with Gasteiger partial charge in [-0.05, 0) is 42.7 Å². The standard InChI is InChI=1S/C22H28FN3O4S2/c23-18-5-3-17(4-6-18)20(25-11-13-30-14-12-25)16-24-21(27)15-19-7-8-22(31-19)32(28,29)26-9-1-2-10-26/h3-8,20H,1-2,9-16H2,(H,24,27). The number of nitrogens with one attached hydrogen (secondary N) is 1. The maximum atomic E-state index is 13.4. The van der Waals surface area contributed by atoms with Crippen molar-refractivity contribution in [3.8, 4) is 0 Å². The molecule has 1 N–H and O–H groups in total. The summed E-state index contributed by atoms with van der Waals surface area (Å²) in [4.78, 5) is 15.6. The highest BCUT2D eigenvalue weighted by atomic mass is 32.2. The van der Waals surface area contributed by atoms with Crippen molar-refractivity contribution in [2.24, 2.45) is 0 Å². The van der Waals surface area contributed by atoms with Crippen LogP contribution in [0.1, 0.15) is 29.3 Å². The fourth-order valence-corrected chi connectivity index (χ4v) is 7.14. The number of rotatable bonds is 8. The monoisotopic (exact) mass is 481 g/mol. The number of hydrogen-bond donors (Lipinski definition) is 1. The number of morpholine rings is 1. The fraction of sp³-hybridized carbons (Fsp3) is 0.500. The molecule has 0 saturated carbocycles. The summed E-state index contributed by atoms with van der Waals surface area (Å²) in [6, 6.07) is 9.57. The van der Waals surface area contributed by atoms with Crippen LogP contribution in [-0.4, -0.2) is 69.5 Å². The molecule has 3 heterocycles. The number of amides is 1. The van der Waals surface area contributed by atoms with Crippen LogP contribution in [0.25, 0.3) is 0 Å². The molecule has 0 spiro atoms. The topological polar surface area (TPSA) is 79.0 Å². The van der Waals surface area contributed by atoms with Crippen LogP contribution in [0.4, 0.5) is 4.39 Å². The molecule has 2 aliphatic rings. The van der Waals surface area contributed by atoms with E-state index in [1.165, 1.54) is 16.4 Å². The molecule has 2 aliphatic heterocycles. The van der Waals surface area contributed by atoms with Crippen molar-refractivity contribution in [3.05, 3.63) is 52.7 Å². The zero-order chi connectivity index (χ0) is 22.6. The molecule has 1 aromatic heterocycles. The van der Waals surface area contributed by atoms with Crippen LogP contribution >= 0.6 is 11.3 Å². The number of nitrogens with zero attached hydrogens (tertiary/aromatic N) is 2. The fourth-order valence-electron chi connectivity index (χ4n) is 4.11. The second-order valence-corrected chi connectivity index (χ2v) is 11.4. The number of halogens is 1. The Kier molecular flexibility index (Phi) is 7.57. The molecular weight excluding hydrogens is 453 g/mol. The lowest BCUT2D eigenvalue weighted by Crippen LogP contribution is -2.44. The van der Waals surface area contributed by atoms with E-state index in [-0.39, 0.29) is 24.2 Å². The van der Waals surface area contributed by atoms with E-state index in [2.05, 4.69) is 10.2 Å². The average Bonchev–Trinajstić information content (AvgIpc) is 3.49. The van der Waals surface area contributed by atoms with Crippen molar-refractivity contribution in [1.29, 1.82) is 0 Å². The molecule has 4 rings (SSSR count). The second-order valence-electron chi connectivity index (χ2n) is 8.03. The summed E-state index contributed by atoms with van der Waals surface area (Å²) < 4.78 is 46.0. The largest absolute Gasteiger partial charge is 0.379 e. The number of carbonyl (C=O) groups is 1. The average molecular weight is 482 g/mol. The predicted molar refractivity (Wildman–Crippen MR) is 121 cm³/mol. The third kappa shape index (κ3) is 5.55. The van der Waals surface area contributed by atoms with Gasteiger partial charge in [-0.2, -0.15) is 4.31 Å². The first-order valence-electron chi connectivity index (χ1n) is 10.9. The molecule has 0 aliphatic carbocycles. The minimum Gasteiger partial charge on any atom is -0.379 e. The molecule has 174 valence electrons. The van der Waals surface area contributed by atoms with Crippen LogP contribution in [0, 0.1) is 5.82 Å². The predicted octanol–water partition coefficient (Wildman–Crippen LogP) is 2.40. The summed E-state index contributed by atoms with van der Waals surface area (Å²) in [5.74, 6) is -0.465. The maximum Gasteiger partial charge on any atom is 0.252 e. The Bertz CT molecular complexity index is 1010. The van der Waals surface area contributed by atoms with Crippen molar-refractivity contribution in [2.75, 3.05) is 45.9 Å². The van der Waals surface area contributed by atoms with Crippen LogP contribution in [0.2, 0.25) is 0 Å². The van der Waals surface area contributed by atoms with Gasteiger partial charge in [-0.1, -0.05) is 12.1 Å². The lowest BCUT2D eigenvalue weighted by molar-refractivity contribution is -0.120. The minimum atomic E-state index is -3.46. The summed E-state index contributed by atoms with van der Waals surface area (Å²) in [7, 11) is -3.46. The third-order valence-electron chi connectivity index (χ3n) is 5.86. The van der Waals surface area contributed by atoms with Gasteiger partial charge in [0.2, 0.25) is 5.91 Å². The number of benzene rings is 1. The lowest BCUT2D eigenvalue weighted by Gasteiger charge is -2.35. The normalized spacial score (nSPS) is 19.2. The van der Waals surface area contributed by atoms with Crippen molar-refractivity contribution in [2.45, 2.75) is 29.5 Å². The molecule has 32 heavy (non-hydrogen) atoms. The van der Waals surface area contributed by atoms with Crippen LogP contribution in [-0.2, 0) is 26.0 Å². The molecule has 2 aromatic rings. The van der Waals surface area contributed by atoms with Gasteiger partial charge in [-0.25, -0.2) is 12.8 Å². The molecule has 0 radical (unpaired) electrons. The highest BCUT2D eigenvalue weighted by Crippen LogP contribution is 2.28. The molecule has 1 amide bonds. The number of ether oxygens (including phenoxy) is 1. The molecule has 0 bridgehead atoms. The van der Waals surface area contributed by atoms with E-state index in [1.54, 1.807) is 24.3 Å². The zero-order valence-electron chi connectivity index (χ0n) is 17.8. The quantitative estimate of drug-likeness (QED) is 0.627. The Morgan fingerprint density at radius 1 is 1.06 bits per heavy atom. The lowest BCUT2D eigenvalue weighted by atomic mass is 10.0. The van der Waals surface area contributed by atoms with Gasteiger partial charge in [0.15, 0.2) is 0 Å². The van der Waals surface area contributed by atoms with Crippen molar-refractivity contribution < 1.29 is 22.3 Å². The van der Waals surface area contributed by atoms with Gasteiger partial charge in [0, 0.05) is 37.6 Å². The van der Waals surface area contributed by atoms with E-state index in [9.17, 15) is 17.6 Å². The van der Waals surface area contributed by atoms with Crippen LogP contribution in [0.15, 0.2) is 40.6 Å². The summed E-state index contributed by atoms with van der Waals surface area (Å²) in [6.45, 7) is 4.21. The van der Waals surface area contributed by atoms with E-state index in [0.717, 1.165) is 42.8 Å². The Balaban J connectivity index is 1.38. The van der Waals surface area contributed by atoms with Gasteiger partial charge in [0.05, 0.1) is 25.7 Å². The zero-order valence-corrected chi connectivity index (χ0v) is 19.5. The SMILES string of the molecule is O=C(Cc1ccc(S(=O)(=O)N2CCCC2)s1)NCC(c1ccc(F)cc1)N1CCOCC1. The smallest absolute Gasteiger partial charge is 0.252 e. The first kappa shape index (κ1) is 23.3. The van der Waals surface area contributed by atoms with E-state index < -0.39 is 10.0 Å². The first-order valence-corrected chi connectivity index (χ1v) is 13.1. The van der Waals surface area contributed by atoms with E-state index >= 15 is 0 Å². The number of sulfonamides is 1. The second kappa shape index (κ2) is 10.4. The van der Waals surface area contributed by atoms with E-state index in [1.807, 2.05) is 0 Å². The van der Waals surface area contributed by atoms with Gasteiger partial charge in [0.1, 0.15) is 10.0 Å². The van der Waals surface area contributed by atoms with Crippen LogP contribution < -0.4 is 5.32 Å². The highest BCUT2D eigenvalue weighted by molar-refractivity contribution is 7.91. The number of thiophene rings is 1. The minimum absolute atomic E-state index is 0.0853. The van der Waals surface area contributed by atoms with Crippen molar-refractivity contribution in [3.63, 3.8) is 0 Å². The van der Waals surface area contributed by atoms with Gasteiger partial charge in [0.25, 0.3) is 10.0 Å². The van der Waals surface area contributed by atoms with Gasteiger partial charge < -0.3 is 10.1 Å². The third-order valence-corrected chi connectivity index (χ3v) is 9.32. The maximum absolute atomic E-state index is 13.4. The molecule has 7 nitrogen and oxygen atoms in total. The molecule has 2 fully saturated rings. The molecule has 1 unspecified atom stereocenters. The van der Waals surface area contributed by atoms with Gasteiger partial charge >= 0.3 is 0 Å². The Morgan fingerprint density at radius 3 is 2.44 bits per heavy atom. The summed E-state index contributed by atoms with van der Waals surface area (Å²) in [5, 5.41) is 2.98. The van der Waals surface area contributed by atoms with Crippen LogP contribution in [0.3, 0.4) is 0 Å². The summed E-state index contributed by atoms with van der Waals surface area (Å²) in [6.07, 6.45) is 1.90. The van der Waals surface area contributed by atoms with Crippen molar-refractivity contribution in [1.82, 2.24) is 14.5 Å². The molecule has 2 saturated heterocycles. The number of hydrogen-bond acceptors (Lipinski definition) is 6. The van der Waals surface area contributed by atoms with Gasteiger partial charge in [-0.15, -0.1) is 11.3 Å². The van der Waals surface area contributed by atoms with Crippen LogP contribution in [0.5, 0.6) is 0 Å². The Labute approximate surface area is 192 Å². The Hall–Kier alpha value is -1.85. The molecule has 1 aromatic carbocycles. The van der Waals surface area contributed by atoms with Gasteiger partial charge in [-0.3, -0.25) is 9.69 Å². The van der Waals surface area contributed by atoms with Crippen molar-refractivity contribution >= 4 is 27.3 Å². The van der Waals surface area contributed by atoms with E-state index in [0.29, 0.717) is 41.9 Å². The summed E-state index contributed by atoms with van der Waals surface area (Å²) >= 11 is 1.16. The van der Waals surface area contributed by atoms with E-state index in [4.69, 9.17) is 4.74 Å². The molecular formula is C22H28FN3O4S2.